The summed E-state index contributed by atoms with van der Waals surface area (Å²) >= 11 is 0. The molecule has 16 heavy (non-hydrogen) atoms. The summed E-state index contributed by atoms with van der Waals surface area (Å²) in [5.41, 5.74) is 4.05. The number of hydrogen-bond acceptors (Lipinski definition) is 4. The number of rotatable bonds is 2. The number of nitrogen functional groups attached to an aromatic ring is 1. The van der Waals surface area contributed by atoms with Crippen molar-refractivity contribution in [2.45, 2.75) is 13.0 Å². The summed E-state index contributed by atoms with van der Waals surface area (Å²) in [6.45, 7) is -1.31. The van der Waals surface area contributed by atoms with Crippen molar-refractivity contribution in [3.8, 4) is 11.8 Å². The quantitative estimate of drug-likeness (QED) is 0.794. The Morgan fingerprint density at radius 1 is 1.50 bits per heavy atom. The maximum absolute atomic E-state index is 12.5. The van der Waals surface area contributed by atoms with Gasteiger partial charge in [-0.05, 0) is 0 Å². The van der Waals surface area contributed by atoms with Crippen LogP contribution in [0.4, 0.5) is 23.4 Å². The number of nitriles is 1. The van der Waals surface area contributed by atoms with E-state index in [9.17, 15) is 17.6 Å². The van der Waals surface area contributed by atoms with Crippen molar-refractivity contribution >= 4 is 5.82 Å². The van der Waals surface area contributed by atoms with E-state index in [1.165, 1.54) is 6.07 Å². The van der Waals surface area contributed by atoms with E-state index in [4.69, 9.17) is 11.0 Å². The summed E-state index contributed by atoms with van der Waals surface area (Å²) in [7, 11) is 0. The van der Waals surface area contributed by atoms with Crippen molar-refractivity contribution < 1.29 is 22.3 Å². The molecule has 1 rings (SSSR count). The predicted octanol–water partition coefficient (Wildman–Crippen LogP) is 1.90. The van der Waals surface area contributed by atoms with E-state index in [0.717, 1.165) is 6.20 Å². The fraction of sp³-hybridized carbons (Fsp3) is 0.250. The zero-order chi connectivity index (χ0) is 12.3. The van der Waals surface area contributed by atoms with Crippen molar-refractivity contribution in [3.63, 3.8) is 0 Å². The van der Waals surface area contributed by atoms with Crippen molar-refractivity contribution in [2.75, 3.05) is 5.73 Å². The van der Waals surface area contributed by atoms with Crippen LogP contribution >= 0.6 is 0 Å². The molecule has 1 aromatic heterocycles. The summed E-state index contributed by atoms with van der Waals surface area (Å²) < 4.78 is 52.0. The second kappa shape index (κ2) is 4.22. The van der Waals surface area contributed by atoms with Crippen molar-refractivity contribution in [1.82, 2.24) is 4.98 Å². The molecule has 1 aromatic rings. The van der Waals surface area contributed by atoms with Gasteiger partial charge in [-0.2, -0.15) is 5.26 Å². The van der Waals surface area contributed by atoms with Crippen LogP contribution in [0.2, 0.25) is 0 Å². The van der Waals surface area contributed by atoms with E-state index in [2.05, 4.69) is 9.72 Å². The van der Waals surface area contributed by atoms with Gasteiger partial charge in [0.25, 0.3) is 0 Å². The van der Waals surface area contributed by atoms with Crippen LogP contribution in [0.15, 0.2) is 6.20 Å². The number of nitrogens with zero attached hydrogens (tertiary/aromatic N) is 2. The first-order valence-corrected chi connectivity index (χ1v) is 3.88. The van der Waals surface area contributed by atoms with Crippen molar-refractivity contribution in [2.24, 2.45) is 0 Å². The monoisotopic (exact) mass is 235 g/mol. The minimum absolute atomic E-state index is 0.444. The topological polar surface area (TPSA) is 71.9 Å². The third-order valence-corrected chi connectivity index (χ3v) is 1.63. The standard InChI is InChI=1S/C8H5F4N3O/c9-1-5-6(16-8(10,11)12)4(2-13)3-15-7(5)14/h3H,1H2,(H2,14,15). The lowest BCUT2D eigenvalue weighted by molar-refractivity contribution is -0.275. The zero-order valence-corrected chi connectivity index (χ0v) is 7.68. The highest BCUT2D eigenvalue weighted by atomic mass is 19.4. The molecule has 4 nitrogen and oxygen atoms in total. The van der Waals surface area contributed by atoms with Crippen LogP contribution in [0.1, 0.15) is 11.1 Å². The largest absolute Gasteiger partial charge is 0.573 e. The molecule has 0 aliphatic heterocycles. The summed E-state index contributed by atoms with van der Waals surface area (Å²) in [5, 5.41) is 8.53. The molecule has 0 saturated heterocycles. The Morgan fingerprint density at radius 3 is 2.56 bits per heavy atom. The zero-order valence-electron chi connectivity index (χ0n) is 7.68. The molecule has 0 fully saturated rings. The SMILES string of the molecule is N#Cc1cnc(N)c(CF)c1OC(F)(F)F. The molecule has 0 radical (unpaired) electrons. The molecular weight excluding hydrogens is 230 g/mol. The molecule has 0 bridgehead atoms. The van der Waals surface area contributed by atoms with Crippen LogP contribution in [0, 0.1) is 11.3 Å². The van der Waals surface area contributed by atoms with E-state index in [1.807, 2.05) is 0 Å². The second-order valence-electron chi connectivity index (χ2n) is 2.66. The third-order valence-electron chi connectivity index (χ3n) is 1.63. The first kappa shape index (κ1) is 12.0. The van der Waals surface area contributed by atoms with Crippen LogP contribution in [-0.2, 0) is 6.67 Å². The summed E-state index contributed by atoms with van der Waals surface area (Å²) in [4.78, 5) is 3.38. The Balaban J connectivity index is 3.32. The Kier molecular flexibility index (Phi) is 3.17. The normalized spacial score (nSPS) is 10.9. The molecule has 0 aliphatic carbocycles. The maximum atomic E-state index is 12.5. The molecule has 2 N–H and O–H groups in total. The lowest BCUT2D eigenvalue weighted by Gasteiger charge is -2.13. The molecular formula is C8H5F4N3O. The Bertz CT molecular complexity index is 438. The number of hydrogen-bond donors (Lipinski definition) is 1. The lowest BCUT2D eigenvalue weighted by Crippen LogP contribution is -2.19. The van der Waals surface area contributed by atoms with E-state index in [-0.39, 0.29) is 0 Å². The van der Waals surface area contributed by atoms with Crippen LogP contribution in [0.5, 0.6) is 5.75 Å². The third kappa shape index (κ3) is 2.50. The molecule has 0 atom stereocenters. The number of ether oxygens (including phenoxy) is 1. The Labute approximate surface area is 87.3 Å². The van der Waals surface area contributed by atoms with Gasteiger partial charge in [-0.3, -0.25) is 0 Å². The number of nitrogens with two attached hydrogens (primary N) is 1. The summed E-state index contributed by atoms with van der Waals surface area (Å²) in [6, 6.07) is 1.41. The Morgan fingerprint density at radius 2 is 2.12 bits per heavy atom. The van der Waals surface area contributed by atoms with Crippen LogP contribution in [0.25, 0.3) is 0 Å². The number of alkyl halides is 4. The Hall–Kier alpha value is -2.04. The van der Waals surface area contributed by atoms with Gasteiger partial charge >= 0.3 is 6.36 Å². The van der Waals surface area contributed by atoms with Crippen molar-refractivity contribution in [3.05, 3.63) is 17.3 Å². The van der Waals surface area contributed by atoms with Gasteiger partial charge in [-0.1, -0.05) is 0 Å². The minimum atomic E-state index is -5.02. The molecule has 0 spiro atoms. The average molecular weight is 235 g/mol. The van der Waals surface area contributed by atoms with Gasteiger partial charge in [0.15, 0.2) is 5.75 Å². The van der Waals surface area contributed by atoms with E-state index in [1.54, 1.807) is 0 Å². The van der Waals surface area contributed by atoms with Gasteiger partial charge in [-0.15, -0.1) is 13.2 Å². The van der Waals surface area contributed by atoms with Gasteiger partial charge in [-0.25, -0.2) is 9.37 Å². The highest BCUT2D eigenvalue weighted by molar-refractivity contribution is 5.55. The van der Waals surface area contributed by atoms with Gasteiger partial charge in [0.1, 0.15) is 24.1 Å². The predicted molar refractivity (Wildman–Crippen MR) is 44.9 cm³/mol. The molecule has 0 amide bonds. The first-order valence-electron chi connectivity index (χ1n) is 3.88. The van der Waals surface area contributed by atoms with Gasteiger partial charge in [0.2, 0.25) is 0 Å². The van der Waals surface area contributed by atoms with E-state index in [0.29, 0.717) is 0 Å². The van der Waals surface area contributed by atoms with Crippen LogP contribution in [0.3, 0.4) is 0 Å². The molecule has 0 aliphatic rings. The molecule has 86 valence electrons. The van der Waals surface area contributed by atoms with Gasteiger partial charge in [0, 0.05) is 0 Å². The summed E-state index contributed by atoms with van der Waals surface area (Å²) in [5.74, 6) is -1.38. The lowest BCUT2D eigenvalue weighted by atomic mass is 10.2. The highest BCUT2D eigenvalue weighted by Gasteiger charge is 2.34. The minimum Gasteiger partial charge on any atom is -0.404 e. The van der Waals surface area contributed by atoms with Gasteiger partial charge in [0.05, 0.1) is 11.8 Å². The molecule has 1 heterocycles. The second-order valence-corrected chi connectivity index (χ2v) is 2.66. The van der Waals surface area contributed by atoms with Crippen molar-refractivity contribution in [1.29, 1.82) is 5.26 Å². The molecule has 0 saturated carbocycles. The fourth-order valence-corrected chi connectivity index (χ4v) is 0.991. The number of aromatic nitrogens is 1. The fourth-order valence-electron chi connectivity index (χ4n) is 0.991. The highest BCUT2D eigenvalue weighted by Crippen LogP contribution is 2.32. The number of halogens is 4. The molecule has 0 aromatic carbocycles. The molecule has 0 unspecified atom stereocenters. The maximum Gasteiger partial charge on any atom is 0.573 e. The average Bonchev–Trinajstić information content (AvgIpc) is 2.16. The van der Waals surface area contributed by atoms with Gasteiger partial charge < -0.3 is 10.5 Å². The van der Waals surface area contributed by atoms with E-state index < -0.39 is 35.7 Å². The molecule has 8 heteroatoms. The first-order chi connectivity index (χ1) is 7.39. The number of pyridine rings is 1. The smallest absolute Gasteiger partial charge is 0.404 e. The van der Waals surface area contributed by atoms with E-state index >= 15 is 0 Å². The van der Waals surface area contributed by atoms with Crippen LogP contribution in [-0.4, -0.2) is 11.3 Å². The van der Waals surface area contributed by atoms with Crippen LogP contribution < -0.4 is 10.5 Å². The summed E-state index contributed by atoms with van der Waals surface area (Å²) in [6.07, 6.45) is -4.24. The number of anilines is 1.